The van der Waals surface area contributed by atoms with E-state index in [-0.39, 0.29) is 16.8 Å². The summed E-state index contributed by atoms with van der Waals surface area (Å²) in [6, 6.07) is 5.52. The minimum absolute atomic E-state index is 0.0281. The SMILES string of the molecule is O=C(c1ccn[nH]1)N1CC2(C[C@H](Oc3cccnc3)CS2)C1. The molecular formula is C15H16N4O2S. The number of pyridine rings is 1. The van der Waals surface area contributed by atoms with Crippen molar-refractivity contribution in [2.24, 2.45) is 0 Å². The van der Waals surface area contributed by atoms with E-state index in [0.717, 1.165) is 31.0 Å². The Morgan fingerprint density at radius 2 is 2.32 bits per heavy atom. The summed E-state index contributed by atoms with van der Waals surface area (Å²) in [5, 5.41) is 6.56. The maximum absolute atomic E-state index is 12.2. The van der Waals surface area contributed by atoms with Crippen LogP contribution < -0.4 is 4.74 Å². The Hall–Kier alpha value is -2.02. The van der Waals surface area contributed by atoms with E-state index < -0.39 is 0 Å². The molecule has 2 fully saturated rings. The van der Waals surface area contributed by atoms with Crippen LogP contribution >= 0.6 is 11.8 Å². The average Bonchev–Trinajstić information content (AvgIpc) is 3.16. The standard InChI is InChI=1S/C15H16N4O2S/c20-14(13-3-5-17-18-13)19-9-15(10-19)6-12(8-22-15)21-11-2-1-4-16-7-11/h1-5,7,12H,6,8-10H2,(H,17,18)/t12-/m0/s1. The van der Waals surface area contributed by atoms with Crippen LogP contribution in [0.3, 0.4) is 0 Å². The zero-order valence-electron chi connectivity index (χ0n) is 11.9. The highest BCUT2D eigenvalue weighted by molar-refractivity contribution is 8.01. The highest BCUT2D eigenvalue weighted by Crippen LogP contribution is 2.46. The van der Waals surface area contributed by atoms with Gasteiger partial charge in [-0.3, -0.25) is 14.9 Å². The third-order valence-electron chi connectivity index (χ3n) is 4.09. The van der Waals surface area contributed by atoms with Gasteiger partial charge in [0.25, 0.3) is 5.91 Å². The molecule has 2 saturated heterocycles. The van der Waals surface area contributed by atoms with Crippen LogP contribution in [-0.2, 0) is 0 Å². The zero-order valence-corrected chi connectivity index (χ0v) is 12.8. The van der Waals surface area contributed by atoms with E-state index in [1.807, 2.05) is 28.8 Å². The number of ether oxygens (including phenoxy) is 1. The van der Waals surface area contributed by atoms with Crippen molar-refractivity contribution in [3.8, 4) is 5.75 Å². The first-order chi connectivity index (χ1) is 10.7. The van der Waals surface area contributed by atoms with Crippen molar-refractivity contribution in [3.63, 3.8) is 0 Å². The van der Waals surface area contributed by atoms with Gasteiger partial charge >= 0.3 is 0 Å². The number of likely N-dealkylation sites (tertiary alicyclic amines) is 1. The number of hydrogen-bond donors (Lipinski definition) is 1. The van der Waals surface area contributed by atoms with Crippen LogP contribution in [0.5, 0.6) is 5.75 Å². The van der Waals surface area contributed by atoms with E-state index in [4.69, 9.17) is 4.74 Å². The first kappa shape index (κ1) is 13.6. The molecule has 0 aliphatic carbocycles. The van der Waals surface area contributed by atoms with Gasteiger partial charge in [0.15, 0.2) is 0 Å². The van der Waals surface area contributed by atoms with Crippen LogP contribution in [0.25, 0.3) is 0 Å². The fourth-order valence-electron chi connectivity index (χ4n) is 3.05. The van der Waals surface area contributed by atoms with Crippen molar-refractivity contribution >= 4 is 17.7 Å². The van der Waals surface area contributed by atoms with Gasteiger partial charge in [0.1, 0.15) is 17.5 Å². The summed E-state index contributed by atoms with van der Waals surface area (Å²) in [7, 11) is 0. The van der Waals surface area contributed by atoms with Gasteiger partial charge in [0, 0.05) is 37.7 Å². The van der Waals surface area contributed by atoms with Crippen LogP contribution in [0.4, 0.5) is 0 Å². The Morgan fingerprint density at radius 3 is 3.05 bits per heavy atom. The van der Waals surface area contributed by atoms with E-state index in [9.17, 15) is 4.79 Å². The Balaban J connectivity index is 1.33. The third kappa shape index (κ3) is 2.45. The molecule has 4 rings (SSSR count). The molecule has 114 valence electrons. The summed E-state index contributed by atoms with van der Waals surface area (Å²) in [6.45, 7) is 1.56. The zero-order chi connectivity index (χ0) is 15.0. The van der Waals surface area contributed by atoms with Gasteiger partial charge < -0.3 is 9.64 Å². The van der Waals surface area contributed by atoms with E-state index in [2.05, 4.69) is 15.2 Å². The van der Waals surface area contributed by atoms with E-state index in [0.29, 0.717) is 5.69 Å². The Kier molecular flexibility index (Phi) is 3.29. The molecule has 0 radical (unpaired) electrons. The molecule has 22 heavy (non-hydrogen) atoms. The number of nitrogens with one attached hydrogen (secondary N) is 1. The Labute approximate surface area is 132 Å². The number of aromatic amines is 1. The van der Waals surface area contributed by atoms with Crippen LogP contribution in [0, 0.1) is 0 Å². The number of amides is 1. The van der Waals surface area contributed by atoms with Crippen molar-refractivity contribution in [2.75, 3.05) is 18.8 Å². The summed E-state index contributed by atoms with van der Waals surface area (Å²) < 4.78 is 6.13. The molecule has 1 N–H and O–H groups in total. The molecular weight excluding hydrogens is 300 g/mol. The molecule has 0 unspecified atom stereocenters. The fourth-order valence-corrected chi connectivity index (χ4v) is 4.57. The van der Waals surface area contributed by atoms with Gasteiger partial charge in [-0.1, -0.05) is 0 Å². The molecule has 7 heteroatoms. The summed E-state index contributed by atoms with van der Waals surface area (Å²) >= 11 is 1.91. The second-order valence-electron chi connectivity index (χ2n) is 5.76. The predicted octanol–water partition coefficient (Wildman–Crippen LogP) is 1.58. The molecule has 2 aliphatic rings. The minimum atomic E-state index is 0.0281. The van der Waals surface area contributed by atoms with Gasteiger partial charge in [-0.25, -0.2) is 0 Å². The third-order valence-corrected chi connectivity index (χ3v) is 5.66. The quantitative estimate of drug-likeness (QED) is 0.931. The number of carbonyl (C=O) groups excluding carboxylic acids is 1. The Bertz CT molecular complexity index is 655. The number of hydrogen-bond acceptors (Lipinski definition) is 5. The molecule has 2 aromatic heterocycles. The lowest BCUT2D eigenvalue weighted by atomic mass is 9.92. The topological polar surface area (TPSA) is 71.1 Å². The number of rotatable bonds is 3. The molecule has 2 aromatic rings. The first-order valence-electron chi connectivity index (χ1n) is 7.23. The van der Waals surface area contributed by atoms with Crippen molar-refractivity contribution in [1.29, 1.82) is 0 Å². The summed E-state index contributed by atoms with van der Waals surface area (Å²) in [6.07, 6.45) is 6.25. The van der Waals surface area contributed by atoms with Crippen molar-refractivity contribution < 1.29 is 9.53 Å². The number of carbonyl (C=O) groups is 1. The maximum Gasteiger partial charge on any atom is 0.271 e. The first-order valence-corrected chi connectivity index (χ1v) is 8.22. The van der Waals surface area contributed by atoms with Crippen LogP contribution in [0.1, 0.15) is 16.9 Å². The Morgan fingerprint density at radius 1 is 1.41 bits per heavy atom. The van der Waals surface area contributed by atoms with Gasteiger partial charge in [-0.05, 0) is 18.2 Å². The van der Waals surface area contributed by atoms with Crippen LogP contribution in [0.2, 0.25) is 0 Å². The second-order valence-corrected chi connectivity index (χ2v) is 7.25. The lowest BCUT2D eigenvalue weighted by molar-refractivity contribution is 0.0512. The molecule has 0 saturated carbocycles. The largest absolute Gasteiger partial charge is 0.488 e. The lowest BCUT2D eigenvalue weighted by Crippen LogP contribution is -2.60. The number of H-pyrrole nitrogens is 1. The molecule has 0 bridgehead atoms. The molecule has 2 aliphatic heterocycles. The molecule has 6 nitrogen and oxygen atoms in total. The minimum Gasteiger partial charge on any atom is -0.488 e. The number of thioether (sulfide) groups is 1. The van der Waals surface area contributed by atoms with Crippen molar-refractivity contribution in [2.45, 2.75) is 17.3 Å². The maximum atomic E-state index is 12.2. The smallest absolute Gasteiger partial charge is 0.271 e. The molecule has 0 aromatic carbocycles. The highest BCUT2D eigenvalue weighted by Gasteiger charge is 2.51. The van der Waals surface area contributed by atoms with Gasteiger partial charge in [0.2, 0.25) is 0 Å². The van der Waals surface area contributed by atoms with Gasteiger partial charge in [-0.15, -0.1) is 11.8 Å². The van der Waals surface area contributed by atoms with Gasteiger partial charge in [0.05, 0.1) is 10.9 Å². The lowest BCUT2D eigenvalue weighted by Gasteiger charge is -2.47. The van der Waals surface area contributed by atoms with E-state index >= 15 is 0 Å². The van der Waals surface area contributed by atoms with Gasteiger partial charge in [-0.2, -0.15) is 5.10 Å². The summed E-state index contributed by atoms with van der Waals surface area (Å²) in [5.74, 6) is 1.80. The summed E-state index contributed by atoms with van der Waals surface area (Å²) in [4.78, 5) is 18.1. The van der Waals surface area contributed by atoms with Crippen molar-refractivity contribution in [1.82, 2.24) is 20.1 Å². The average molecular weight is 316 g/mol. The highest BCUT2D eigenvalue weighted by atomic mass is 32.2. The monoisotopic (exact) mass is 316 g/mol. The van der Waals surface area contributed by atoms with Crippen LogP contribution in [0.15, 0.2) is 36.8 Å². The second kappa shape index (κ2) is 5.31. The number of nitrogens with zero attached hydrogens (tertiary/aromatic N) is 3. The normalized spacial score (nSPS) is 22.5. The molecule has 1 amide bonds. The molecule has 1 spiro atoms. The van der Waals surface area contributed by atoms with Crippen molar-refractivity contribution in [3.05, 3.63) is 42.5 Å². The fraction of sp³-hybridized carbons (Fsp3) is 0.400. The predicted molar refractivity (Wildman–Crippen MR) is 83.0 cm³/mol. The van der Waals surface area contributed by atoms with E-state index in [1.165, 1.54) is 0 Å². The van der Waals surface area contributed by atoms with Crippen LogP contribution in [-0.4, -0.2) is 55.7 Å². The molecule has 4 heterocycles. The number of aromatic nitrogens is 3. The summed E-state index contributed by atoms with van der Waals surface area (Å²) in [5.41, 5.74) is 0.556. The van der Waals surface area contributed by atoms with E-state index in [1.54, 1.807) is 24.7 Å². The molecule has 1 atom stereocenters.